The fourth-order valence-corrected chi connectivity index (χ4v) is 4.22. The highest BCUT2D eigenvalue weighted by Crippen LogP contribution is 2.48. The van der Waals surface area contributed by atoms with Crippen LogP contribution in [0.3, 0.4) is 0 Å². The largest absolute Gasteiger partial charge is 0.377 e. The molecule has 2 aliphatic heterocycles. The molecule has 2 N–H and O–H groups in total. The van der Waals surface area contributed by atoms with Gasteiger partial charge >= 0.3 is 7.60 Å². The molecule has 0 bridgehead atoms. The first-order valence-corrected chi connectivity index (χ1v) is 9.14. The Morgan fingerprint density at radius 2 is 1.86 bits per heavy atom. The molecule has 1 amide bonds. The zero-order valence-corrected chi connectivity index (χ0v) is 13.4. The quantitative estimate of drug-likeness (QED) is 0.800. The van der Waals surface area contributed by atoms with Crippen molar-refractivity contribution in [2.75, 3.05) is 13.2 Å². The number of benzene rings is 1. The summed E-state index contributed by atoms with van der Waals surface area (Å²) in [7, 11) is -4.44. The van der Waals surface area contributed by atoms with Gasteiger partial charge in [0, 0.05) is 5.02 Å². The van der Waals surface area contributed by atoms with Crippen LogP contribution >= 0.6 is 19.2 Å². The molecule has 3 atom stereocenters. The average molecular weight is 346 g/mol. The Morgan fingerprint density at radius 3 is 2.50 bits per heavy atom. The van der Waals surface area contributed by atoms with Crippen LogP contribution < -0.4 is 0 Å². The molecule has 1 unspecified atom stereocenters. The van der Waals surface area contributed by atoms with Crippen LogP contribution in [0.1, 0.15) is 24.4 Å². The van der Waals surface area contributed by atoms with Crippen LogP contribution in [0, 0.1) is 0 Å². The van der Waals surface area contributed by atoms with Gasteiger partial charge < -0.3 is 19.4 Å². The molecule has 1 aromatic rings. The number of morpholine rings is 1. The summed E-state index contributed by atoms with van der Waals surface area (Å²) in [5.41, 5.74) is -0.384. The minimum absolute atomic E-state index is 0.135. The minimum atomic E-state index is -4.44. The van der Waals surface area contributed by atoms with Gasteiger partial charge in [0.2, 0.25) is 5.91 Å². The lowest BCUT2D eigenvalue weighted by molar-refractivity contribution is -0.151. The number of nitrogens with zero attached hydrogens (tertiary/aromatic N) is 1. The lowest BCUT2D eigenvalue weighted by atomic mass is 9.94. The standard InChI is InChI=1S/C14H17ClNO5P/c15-10-3-1-9(2-4-10)12-8-21-7-11-5-6-13(22(18,19)20)14(17)16(11)12/h1-4,11-13H,5-8H2,(H2,18,19,20)/t11-,12-,13?/m0/s1. The molecule has 3 rings (SSSR count). The van der Waals surface area contributed by atoms with E-state index in [0.717, 1.165) is 5.56 Å². The van der Waals surface area contributed by atoms with E-state index in [1.165, 1.54) is 0 Å². The Morgan fingerprint density at radius 1 is 1.18 bits per heavy atom. The number of carbonyl (C=O) groups is 1. The van der Waals surface area contributed by atoms with Gasteiger partial charge in [-0.15, -0.1) is 0 Å². The van der Waals surface area contributed by atoms with E-state index in [1.807, 2.05) is 12.1 Å². The van der Waals surface area contributed by atoms with Gasteiger partial charge in [-0.25, -0.2) is 0 Å². The maximum absolute atomic E-state index is 12.6. The Kier molecular flexibility index (Phi) is 4.32. The van der Waals surface area contributed by atoms with Gasteiger partial charge in [-0.3, -0.25) is 9.36 Å². The van der Waals surface area contributed by atoms with Crippen molar-refractivity contribution in [3.8, 4) is 0 Å². The third-order valence-corrected chi connectivity index (χ3v) is 5.83. The number of fused-ring (bicyclic) bond motifs is 1. The van der Waals surface area contributed by atoms with E-state index in [0.29, 0.717) is 24.7 Å². The Labute approximate surface area is 133 Å². The number of carbonyl (C=O) groups excluding carboxylic acids is 1. The van der Waals surface area contributed by atoms with E-state index >= 15 is 0 Å². The first kappa shape index (κ1) is 16.0. The van der Waals surface area contributed by atoms with E-state index in [2.05, 4.69) is 0 Å². The van der Waals surface area contributed by atoms with Crippen LogP contribution in [0.25, 0.3) is 0 Å². The van der Waals surface area contributed by atoms with Gasteiger partial charge in [-0.05, 0) is 30.5 Å². The zero-order chi connectivity index (χ0) is 15.9. The predicted molar refractivity (Wildman–Crippen MR) is 80.7 cm³/mol. The van der Waals surface area contributed by atoms with E-state index in [1.54, 1.807) is 17.0 Å². The Hall–Kier alpha value is -0.910. The molecule has 22 heavy (non-hydrogen) atoms. The smallest absolute Gasteiger partial charge is 0.337 e. The van der Waals surface area contributed by atoms with E-state index in [-0.39, 0.29) is 18.5 Å². The second-order valence-corrected chi connectivity index (χ2v) is 7.92. The van der Waals surface area contributed by atoms with Crippen LogP contribution in [0.15, 0.2) is 24.3 Å². The van der Waals surface area contributed by atoms with Crippen molar-refractivity contribution in [1.82, 2.24) is 4.90 Å². The summed E-state index contributed by atoms with van der Waals surface area (Å²) in [6.45, 7) is 0.724. The van der Waals surface area contributed by atoms with Crippen LogP contribution in [-0.2, 0) is 14.1 Å². The van der Waals surface area contributed by atoms with Gasteiger partial charge in [-0.2, -0.15) is 0 Å². The number of halogens is 1. The molecule has 2 heterocycles. The minimum Gasteiger partial charge on any atom is -0.377 e. The van der Waals surface area contributed by atoms with Crippen LogP contribution in [0.2, 0.25) is 5.02 Å². The summed E-state index contributed by atoms with van der Waals surface area (Å²) < 4.78 is 17.1. The monoisotopic (exact) mass is 345 g/mol. The molecule has 8 heteroatoms. The summed E-state index contributed by atoms with van der Waals surface area (Å²) in [4.78, 5) is 33.0. The molecule has 6 nitrogen and oxygen atoms in total. The molecule has 2 fully saturated rings. The molecular formula is C14H17ClNO5P. The van der Waals surface area contributed by atoms with E-state index in [9.17, 15) is 19.1 Å². The first-order valence-electron chi connectivity index (χ1n) is 7.08. The maximum atomic E-state index is 12.6. The average Bonchev–Trinajstić information content (AvgIpc) is 2.46. The molecule has 0 saturated carbocycles. The van der Waals surface area contributed by atoms with Crippen molar-refractivity contribution in [1.29, 1.82) is 0 Å². The predicted octanol–water partition coefficient (Wildman–Crippen LogP) is 1.95. The SMILES string of the molecule is O=C1C(P(=O)(O)O)CC[C@H]2COC[C@@H](c3ccc(Cl)cc3)N12. The summed E-state index contributed by atoms with van der Waals surface area (Å²) >= 11 is 5.88. The highest BCUT2D eigenvalue weighted by molar-refractivity contribution is 7.53. The number of rotatable bonds is 2. The lowest BCUT2D eigenvalue weighted by Gasteiger charge is -2.46. The third-order valence-electron chi connectivity index (χ3n) is 4.29. The molecule has 0 radical (unpaired) electrons. The van der Waals surface area contributed by atoms with Crippen molar-refractivity contribution >= 4 is 25.1 Å². The Bertz CT molecular complexity index is 616. The van der Waals surface area contributed by atoms with Gasteiger partial charge in [-0.1, -0.05) is 23.7 Å². The second kappa shape index (κ2) is 5.95. The van der Waals surface area contributed by atoms with Gasteiger partial charge in [0.05, 0.1) is 25.3 Å². The van der Waals surface area contributed by atoms with Crippen molar-refractivity contribution in [2.45, 2.75) is 30.6 Å². The molecule has 1 aromatic carbocycles. The number of amides is 1. The molecular weight excluding hydrogens is 329 g/mol. The van der Waals surface area contributed by atoms with Gasteiger partial charge in [0.1, 0.15) is 5.66 Å². The van der Waals surface area contributed by atoms with Crippen molar-refractivity contribution in [2.24, 2.45) is 0 Å². The van der Waals surface area contributed by atoms with Crippen molar-refractivity contribution < 1.29 is 23.9 Å². The summed E-state index contributed by atoms with van der Waals surface area (Å²) in [6.07, 6.45) is 0.729. The van der Waals surface area contributed by atoms with Gasteiger partial charge in [0.15, 0.2) is 0 Å². The molecule has 0 aromatic heterocycles. The van der Waals surface area contributed by atoms with Crippen LogP contribution in [0.4, 0.5) is 0 Å². The number of piperidine rings is 1. The number of ether oxygens (including phenoxy) is 1. The highest BCUT2D eigenvalue weighted by Gasteiger charge is 2.48. The Balaban J connectivity index is 1.92. The van der Waals surface area contributed by atoms with Crippen LogP contribution in [0.5, 0.6) is 0 Å². The number of hydrogen-bond donors (Lipinski definition) is 2. The van der Waals surface area contributed by atoms with Crippen LogP contribution in [-0.4, -0.2) is 45.5 Å². The highest BCUT2D eigenvalue weighted by atomic mass is 35.5. The van der Waals surface area contributed by atoms with E-state index < -0.39 is 19.2 Å². The fourth-order valence-electron chi connectivity index (χ4n) is 3.19. The molecule has 0 aliphatic carbocycles. The number of hydrogen-bond acceptors (Lipinski definition) is 3. The second-order valence-electron chi connectivity index (χ2n) is 5.69. The van der Waals surface area contributed by atoms with Gasteiger partial charge in [0.25, 0.3) is 0 Å². The summed E-state index contributed by atoms with van der Waals surface area (Å²) in [5.74, 6) is -0.479. The third kappa shape index (κ3) is 2.94. The van der Waals surface area contributed by atoms with E-state index in [4.69, 9.17) is 16.3 Å². The normalized spacial score (nSPS) is 29.3. The summed E-state index contributed by atoms with van der Waals surface area (Å²) in [5, 5.41) is 0.593. The molecule has 120 valence electrons. The topological polar surface area (TPSA) is 87.1 Å². The molecule has 2 aliphatic rings. The lowest BCUT2D eigenvalue weighted by Crippen LogP contribution is -2.56. The maximum Gasteiger partial charge on any atom is 0.337 e. The van der Waals surface area contributed by atoms with Crippen molar-refractivity contribution in [3.63, 3.8) is 0 Å². The molecule has 0 spiro atoms. The zero-order valence-electron chi connectivity index (χ0n) is 11.8. The van der Waals surface area contributed by atoms with Crippen molar-refractivity contribution in [3.05, 3.63) is 34.9 Å². The summed E-state index contributed by atoms with van der Waals surface area (Å²) in [6, 6.07) is 6.62. The first-order chi connectivity index (χ1) is 10.4. The molecule has 2 saturated heterocycles. The fraction of sp³-hybridized carbons (Fsp3) is 0.500.